The van der Waals surface area contributed by atoms with Crippen LogP contribution in [0.25, 0.3) is 21.0 Å². The van der Waals surface area contributed by atoms with E-state index in [-0.39, 0.29) is 5.91 Å². The molecule has 5 rings (SSSR count). The summed E-state index contributed by atoms with van der Waals surface area (Å²) < 4.78 is 6.55. The Morgan fingerprint density at radius 3 is 2.61 bits per heavy atom. The summed E-state index contributed by atoms with van der Waals surface area (Å²) in [6.45, 7) is 5.09. The molecule has 6 heteroatoms. The summed E-state index contributed by atoms with van der Waals surface area (Å²) in [6.07, 6.45) is 0.898. The van der Waals surface area contributed by atoms with Crippen LogP contribution in [0.4, 0.5) is 5.13 Å². The second kappa shape index (κ2) is 9.14. The van der Waals surface area contributed by atoms with Gasteiger partial charge in [0, 0.05) is 31.7 Å². The number of morpholine rings is 1. The number of benzene rings is 3. The lowest BCUT2D eigenvalue weighted by molar-refractivity contribution is 0.0376. The van der Waals surface area contributed by atoms with Crippen LogP contribution >= 0.6 is 11.3 Å². The maximum absolute atomic E-state index is 13.6. The van der Waals surface area contributed by atoms with Crippen molar-refractivity contribution in [3.05, 3.63) is 72.3 Å². The Hall–Kier alpha value is -2.80. The van der Waals surface area contributed by atoms with E-state index in [1.807, 2.05) is 59.5 Å². The number of thiazole rings is 1. The van der Waals surface area contributed by atoms with E-state index in [1.165, 1.54) is 0 Å². The number of aromatic nitrogens is 1. The van der Waals surface area contributed by atoms with Gasteiger partial charge in [0.25, 0.3) is 5.91 Å². The number of hydrogen-bond donors (Lipinski definition) is 0. The Morgan fingerprint density at radius 2 is 1.77 bits per heavy atom. The molecule has 1 fully saturated rings. The molecule has 0 N–H and O–H groups in total. The molecule has 4 aromatic rings. The fourth-order valence-corrected chi connectivity index (χ4v) is 5.00. The van der Waals surface area contributed by atoms with Crippen molar-refractivity contribution in [2.75, 3.05) is 44.3 Å². The number of carbonyl (C=O) groups is 1. The molecule has 3 aromatic carbocycles. The molecule has 1 aliphatic heterocycles. The van der Waals surface area contributed by atoms with Crippen LogP contribution in [0.15, 0.2) is 66.7 Å². The largest absolute Gasteiger partial charge is 0.379 e. The van der Waals surface area contributed by atoms with Crippen LogP contribution in [0, 0.1) is 0 Å². The molecule has 158 valence electrons. The lowest BCUT2D eigenvalue weighted by atomic mass is 10.1. The molecule has 2 heterocycles. The molecule has 1 aromatic heterocycles. The Balaban J connectivity index is 1.42. The molecule has 0 bridgehead atoms. The van der Waals surface area contributed by atoms with Crippen LogP contribution in [0.2, 0.25) is 0 Å². The molecule has 0 saturated carbocycles. The zero-order chi connectivity index (χ0) is 21.0. The van der Waals surface area contributed by atoms with Gasteiger partial charge in [-0.3, -0.25) is 14.6 Å². The van der Waals surface area contributed by atoms with Crippen molar-refractivity contribution in [2.24, 2.45) is 0 Å². The monoisotopic (exact) mass is 431 g/mol. The van der Waals surface area contributed by atoms with E-state index in [1.54, 1.807) is 11.3 Å². The fraction of sp³-hybridized carbons (Fsp3) is 0.280. The van der Waals surface area contributed by atoms with Crippen molar-refractivity contribution < 1.29 is 9.53 Å². The van der Waals surface area contributed by atoms with Gasteiger partial charge in [-0.15, -0.1) is 0 Å². The van der Waals surface area contributed by atoms with Crippen molar-refractivity contribution in [1.29, 1.82) is 0 Å². The number of carbonyl (C=O) groups excluding carboxylic acids is 1. The van der Waals surface area contributed by atoms with Crippen molar-refractivity contribution in [1.82, 2.24) is 9.88 Å². The summed E-state index contributed by atoms with van der Waals surface area (Å²) in [5.74, 6) is 0.00628. The van der Waals surface area contributed by atoms with Crippen molar-refractivity contribution >= 4 is 43.4 Å². The van der Waals surface area contributed by atoms with E-state index < -0.39 is 0 Å². The fourth-order valence-electron chi connectivity index (χ4n) is 4.01. The summed E-state index contributed by atoms with van der Waals surface area (Å²) in [5.41, 5.74) is 1.64. The molecular formula is C25H25N3O2S. The zero-order valence-corrected chi connectivity index (χ0v) is 18.2. The number of hydrogen-bond acceptors (Lipinski definition) is 5. The number of ether oxygens (including phenoxy) is 1. The first-order valence-electron chi connectivity index (χ1n) is 10.7. The first-order chi connectivity index (χ1) is 15.3. The highest BCUT2D eigenvalue weighted by atomic mass is 32.1. The van der Waals surface area contributed by atoms with Gasteiger partial charge in [-0.1, -0.05) is 53.8 Å². The van der Waals surface area contributed by atoms with Crippen molar-refractivity contribution in [2.45, 2.75) is 6.42 Å². The minimum absolute atomic E-state index is 0.00628. The van der Waals surface area contributed by atoms with Gasteiger partial charge in [-0.25, -0.2) is 4.98 Å². The number of fused-ring (bicyclic) bond motifs is 2. The van der Waals surface area contributed by atoms with Gasteiger partial charge in [0.2, 0.25) is 0 Å². The van der Waals surface area contributed by atoms with Crippen LogP contribution in [-0.2, 0) is 4.74 Å². The third kappa shape index (κ3) is 4.46. The van der Waals surface area contributed by atoms with Crippen LogP contribution in [0.1, 0.15) is 16.8 Å². The van der Waals surface area contributed by atoms with Crippen LogP contribution in [0.3, 0.4) is 0 Å². The van der Waals surface area contributed by atoms with Crippen LogP contribution in [0.5, 0.6) is 0 Å². The highest BCUT2D eigenvalue weighted by Gasteiger charge is 2.22. The number of anilines is 1. The zero-order valence-electron chi connectivity index (χ0n) is 17.4. The molecule has 1 amide bonds. The molecule has 1 saturated heterocycles. The second-order valence-corrected chi connectivity index (χ2v) is 8.80. The van der Waals surface area contributed by atoms with E-state index >= 15 is 0 Å². The Bertz CT molecular complexity index is 1170. The normalized spacial score (nSPS) is 14.8. The Morgan fingerprint density at radius 1 is 1.00 bits per heavy atom. The third-order valence-corrected chi connectivity index (χ3v) is 6.77. The quantitative estimate of drug-likeness (QED) is 0.439. The summed E-state index contributed by atoms with van der Waals surface area (Å²) >= 11 is 1.58. The first-order valence-corrected chi connectivity index (χ1v) is 11.6. The SMILES string of the molecule is O=C(c1ccc2ccccc2c1)N(CCCN1CCOCC1)c1nc2ccccc2s1. The minimum Gasteiger partial charge on any atom is -0.379 e. The highest BCUT2D eigenvalue weighted by Crippen LogP contribution is 2.30. The van der Waals surface area contributed by atoms with E-state index in [4.69, 9.17) is 9.72 Å². The maximum Gasteiger partial charge on any atom is 0.260 e. The molecule has 5 nitrogen and oxygen atoms in total. The Kier molecular flexibility index (Phi) is 5.93. The van der Waals surface area contributed by atoms with Crippen LogP contribution in [-0.4, -0.2) is 55.2 Å². The second-order valence-electron chi connectivity index (χ2n) is 7.79. The Labute approximate surface area is 185 Å². The molecule has 0 unspecified atom stereocenters. The first kappa shape index (κ1) is 20.1. The summed E-state index contributed by atoms with van der Waals surface area (Å²) in [5, 5.41) is 2.98. The van der Waals surface area contributed by atoms with Gasteiger partial charge < -0.3 is 4.74 Å². The van der Waals surface area contributed by atoms with Gasteiger partial charge in [0.1, 0.15) is 0 Å². The average Bonchev–Trinajstić information content (AvgIpc) is 3.26. The number of nitrogens with zero attached hydrogens (tertiary/aromatic N) is 3. The number of amides is 1. The molecule has 0 radical (unpaired) electrons. The van der Waals surface area contributed by atoms with Gasteiger partial charge >= 0.3 is 0 Å². The minimum atomic E-state index is 0.00628. The molecule has 0 atom stereocenters. The van der Waals surface area contributed by atoms with Gasteiger partial charge in [0.15, 0.2) is 5.13 Å². The molecule has 0 aliphatic carbocycles. The lowest BCUT2D eigenvalue weighted by Crippen LogP contribution is -2.39. The van der Waals surface area contributed by atoms with E-state index in [0.29, 0.717) is 12.1 Å². The molecular weight excluding hydrogens is 406 g/mol. The predicted molar refractivity (Wildman–Crippen MR) is 127 cm³/mol. The number of rotatable bonds is 6. The summed E-state index contributed by atoms with van der Waals surface area (Å²) in [7, 11) is 0. The molecule has 1 aliphatic rings. The highest BCUT2D eigenvalue weighted by molar-refractivity contribution is 7.22. The van der Waals surface area contributed by atoms with E-state index in [0.717, 1.165) is 65.4 Å². The molecule has 31 heavy (non-hydrogen) atoms. The van der Waals surface area contributed by atoms with Gasteiger partial charge in [-0.05, 0) is 41.5 Å². The van der Waals surface area contributed by atoms with Gasteiger partial charge in [0.05, 0.1) is 23.4 Å². The average molecular weight is 432 g/mol. The summed E-state index contributed by atoms with van der Waals surface area (Å²) in [4.78, 5) is 22.6. The maximum atomic E-state index is 13.6. The smallest absolute Gasteiger partial charge is 0.260 e. The predicted octanol–water partition coefficient (Wildman–Crippen LogP) is 4.82. The van der Waals surface area contributed by atoms with Gasteiger partial charge in [-0.2, -0.15) is 0 Å². The number of para-hydroxylation sites is 1. The molecule has 0 spiro atoms. The summed E-state index contributed by atoms with van der Waals surface area (Å²) in [6, 6.07) is 22.1. The van der Waals surface area contributed by atoms with E-state index in [2.05, 4.69) is 17.0 Å². The standard InChI is InChI=1S/C25H25N3O2S/c29-24(21-11-10-19-6-1-2-7-20(19)18-21)28(13-5-12-27-14-16-30-17-15-27)25-26-22-8-3-4-9-23(22)31-25/h1-4,6-11,18H,5,12-17H2. The van der Waals surface area contributed by atoms with Crippen molar-refractivity contribution in [3.8, 4) is 0 Å². The van der Waals surface area contributed by atoms with E-state index in [9.17, 15) is 4.79 Å². The topological polar surface area (TPSA) is 45.7 Å². The third-order valence-electron chi connectivity index (χ3n) is 5.71. The van der Waals surface area contributed by atoms with Crippen LogP contribution < -0.4 is 4.90 Å². The lowest BCUT2D eigenvalue weighted by Gasteiger charge is -2.27. The van der Waals surface area contributed by atoms with Crippen molar-refractivity contribution in [3.63, 3.8) is 0 Å².